The van der Waals surface area contributed by atoms with Gasteiger partial charge in [0.15, 0.2) is 17.2 Å². The molecular formula is C19H19N3O5. The lowest BCUT2D eigenvalue weighted by Crippen LogP contribution is -2.05. The van der Waals surface area contributed by atoms with Crippen molar-refractivity contribution in [3.05, 3.63) is 70.0 Å². The van der Waals surface area contributed by atoms with Crippen molar-refractivity contribution in [3.8, 4) is 17.2 Å². The number of hydrogen-bond acceptors (Lipinski definition) is 7. The van der Waals surface area contributed by atoms with Gasteiger partial charge in [-0.05, 0) is 24.6 Å². The summed E-state index contributed by atoms with van der Waals surface area (Å²) >= 11 is 0. The van der Waals surface area contributed by atoms with E-state index in [0.29, 0.717) is 23.0 Å². The maximum absolute atomic E-state index is 11.4. The summed E-state index contributed by atoms with van der Waals surface area (Å²) in [6.07, 6.45) is 6.61. The molecular weight excluding hydrogens is 350 g/mol. The van der Waals surface area contributed by atoms with Crippen molar-refractivity contribution in [1.29, 1.82) is 0 Å². The Hall–Kier alpha value is -3.55. The lowest BCUT2D eigenvalue weighted by atomic mass is 10.2. The average Bonchev–Trinajstić information content (AvgIpc) is 3.11. The highest BCUT2D eigenvalue weighted by Gasteiger charge is 2.09. The number of benzene rings is 1. The average molecular weight is 369 g/mol. The maximum Gasteiger partial charge on any atom is 0.226 e. The van der Waals surface area contributed by atoms with Crippen LogP contribution in [0.1, 0.15) is 23.9 Å². The molecule has 3 aromatic rings. The van der Waals surface area contributed by atoms with Crippen LogP contribution >= 0.6 is 0 Å². The Balaban J connectivity index is 1.66. The van der Waals surface area contributed by atoms with Crippen LogP contribution in [0.25, 0.3) is 6.08 Å². The van der Waals surface area contributed by atoms with E-state index in [-0.39, 0.29) is 13.2 Å². The molecule has 0 atom stereocenters. The molecule has 1 aromatic carbocycles. The first-order chi connectivity index (χ1) is 13.1. The van der Waals surface area contributed by atoms with E-state index < -0.39 is 11.2 Å². The second kappa shape index (κ2) is 8.22. The predicted molar refractivity (Wildman–Crippen MR) is 97.8 cm³/mol. The molecule has 2 heterocycles. The summed E-state index contributed by atoms with van der Waals surface area (Å²) in [5.74, 6) is 1.16. The van der Waals surface area contributed by atoms with Gasteiger partial charge in [-0.1, -0.05) is 23.4 Å². The van der Waals surface area contributed by atoms with E-state index >= 15 is 0 Å². The molecule has 0 spiro atoms. The third-order valence-corrected chi connectivity index (χ3v) is 3.69. The SMILES string of the molecule is C/C=C/c1ccc(OCc2cn(Cc3cc(=O)c(O)co3)nn2)c(OC)c1. The number of aromatic hydroxyl groups is 1. The third-order valence-electron chi connectivity index (χ3n) is 3.69. The van der Waals surface area contributed by atoms with Crippen LogP contribution < -0.4 is 14.9 Å². The summed E-state index contributed by atoms with van der Waals surface area (Å²) in [5, 5.41) is 17.2. The summed E-state index contributed by atoms with van der Waals surface area (Å²) in [4.78, 5) is 11.4. The Morgan fingerprint density at radius 2 is 2.15 bits per heavy atom. The maximum atomic E-state index is 11.4. The van der Waals surface area contributed by atoms with E-state index in [9.17, 15) is 9.90 Å². The van der Waals surface area contributed by atoms with Crippen molar-refractivity contribution in [2.45, 2.75) is 20.1 Å². The smallest absolute Gasteiger partial charge is 0.226 e. The molecule has 0 amide bonds. The van der Waals surface area contributed by atoms with Gasteiger partial charge < -0.3 is 19.0 Å². The van der Waals surface area contributed by atoms with Crippen molar-refractivity contribution in [2.75, 3.05) is 7.11 Å². The molecule has 0 fully saturated rings. The van der Waals surface area contributed by atoms with Crippen LogP contribution in [0.5, 0.6) is 17.2 Å². The van der Waals surface area contributed by atoms with E-state index in [1.165, 1.54) is 10.7 Å². The topological polar surface area (TPSA) is 99.6 Å². The molecule has 8 nitrogen and oxygen atoms in total. The monoisotopic (exact) mass is 369 g/mol. The van der Waals surface area contributed by atoms with Gasteiger partial charge in [0.05, 0.1) is 13.3 Å². The first kappa shape index (κ1) is 18.2. The van der Waals surface area contributed by atoms with Crippen molar-refractivity contribution < 1.29 is 19.0 Å². The molecule has 8 heteroatoms. The van der Waals surface area contributed by atoms with Crippen LogP contribution in [0.15, 0.2) is 52.0 Å². The van der Waals surface area contributed by atoms with Crippen LogP contribution in [0.4, 0.5) is 0 Å². The Labute approximate surface area is 155 Å². The van der Waals surface area contributed by atoms with Crippen molar-refractivity contribution in [2.24, 2.45) is 0 Å². The van der Waals surface area contributed by atoms with Gasteiger partial charge in [0.25, 0.3) is 0 Å². The van der Waals surface area contributed by atoms with Gasteiger partial charge in [0, 0.05) is 6.07 Å². The molecule has 0 radical (unpaired) electrons. The quantitative estimate of drug-likeness (QED) is 0.683. The van der Waals surface area contributed by atoms with Gasteiger partial charge >= 0.3 is 0 Å². The Morgan fingerprint density at radius 3 is 2.89 bits per heavy atom. The second-order valence-electron chi connectivity index (χ2n) is 5.70. The van der Waals surface area contributed by atoms with E-state index in [2.05, 4.69) is 10.3 Å². The fourth-order valence-electron chi connectivity index (χ4n) is 2.42. The molecule has 27 heavy (non-hydrogen) atoms. The lowest BCUT2D eigenvalue weighted by Gasteiger charge is -2.10. The zero-order chi connectivity index (χ0) is 19.2. The number of rotatable bonds is 7. The number of ether oxygens (including phenoxy) is 2. The van der Waals surface area contributed by atoms with Crippen molar-refractivity contribution >= 4 is 6.08 Å². The standard InChI is InChI=1S/C19H19N3O5/c1-3-4-13-5-6-18(19(7-13)25-2)27-11-14-9-22(21-20-14)10-15-8-16(23)17(24)12-26-15/h3-9,12,24H,10-11H2,1-2H3/b4-3+. The normalized spacial score (nSPS) is 11.0. The predicted octanol–water partition coefficient (Wildman–Crippen LogP) is 2.61. The molecule has 3 rings (SSSR count). The highest BCUT2D eigenvalue weighted by atomic mass is 16.5. The number of methoxy groups -OCH3 is 1. The van der Waals surface area contributed by atoms with Gasteiger partial charge in [0.2, 0.25) is 5.43 Å². The van der Waals surface area contributed by atoms with Crippen LogP contribution in [0, 0.1) is 0 Å². The van der Waals surface area contributed by atoms with Crippen LogP contribution in [0.2, 0.25) is 0 Å². The minimum atomic E-state index is -0.506. The van der Waals surface area contributed by atoms with E-state index in [0.717, 1.165) is 11.8 Å². The molecule has 0 aliphatic carbocycles. The molecule has 0 saturated carbocycles. The van der Waals surface area contributed by atoms with E-state index in [1.54, 1.807) is 13.3 Å². The Morgan fingerprint density at radius 1 is 1.30 bits per heavy atom. The Kier molecular flexibility index (Phi) is 5.55. The van der Waals surface area contributed by atoms with Crippen molar-refractivity contribution in [3.63, 3.8) is 0 Å². The first-order valence-corrected chi connectivity index (χ1v) is 8.22. The van der Waals surface area contributed by atoms with Gasteiger partial charge in [-0.3, -0.25) is 4.79 Å². The van der Waals surface area contributed by atoms with Gasteiger partial charge in [-0.15, -0.1) is 5.10 Å². The first-order valence-electron chi connectivity index (χ1n) is 8.22. The fraction of sp³-hybridized carbons (Fsp3) is 0.211. The summed E-state index contributed by atoms with van der Waals surface area (Å²) in [6, 6.07) is 6.87. The summed E-state index contributed by atoms with van der Waals surface area (Å²) < 4.78 is 17.8. The third kappa shape index (κ3) is 4.55. The number of aromatic nitrogens is 3. The summed E-state index contributed by atoms with van der Waals surface area (Å²) in [7, 11) is 1.59. The zero-order valence-corrected chi connectivity index (χ0v) is 15.0. The van der Waals surface area contributed by atoms with Crippen LogP contribution in [0.3, 0.4) is 0 Å². The number of nitrogens with zero attached hydrogens (tertiary/aromatic N) is 3. The minimum Gasteiger partial charge on any atom is -0.502 e. The van der Waals surface area contributed by atoms with Crippen molar-refractivity contribution in [1.82, 2.24) is 15.0 Å². The molecule has 140 valence electrons. The van der Waals surface area contributed by atoms with Gasteiger partial charge in [-0.2, -0.15) is 0 Å². The van der Waals surface area contributed by atoms with Crippen LogP contribution in [-0.4, -0.2) is 27.2 Å². The molecule has 0 bridgehead atoms. The number of allylic oxidation sites excluding steroid dienone is 1. The van der Waals surface area contributed by atoms with E-state index in [4.69, 9.17) is 13.9 Å². The molecule has 0 saturated heterocycles. The second-order valence-corrected chi connectivity index (χ2v) is 5.70. The highest BCUT2D eigenvalue weighted by molar-refractivity contribution is 5.55. The molecule has 0 aliphatic rings. The minimum absolute atomic E-state index is 0.207. The molecule has 0 aliphatic heterocycles. The summed E-state index contributed by atoms with van der Waals surface area (Å²) in [6.45, 7) is 2.37. The summed E-state index contributed by atoms with van der Waals surface area (Å²) in [5.41, 5.74) is 1.12. The van der Waals surface area contributed by atoms with E-state index in [1.807, 2.05) is 37.3 Å². The van der Waals surface area contributed by atoms with Gasteiger partial charge in [-0.25, -0.2) is 4.68 Å². The number of hydrogen-bond donors (Lipinski definition) is 1. The zero-order valence-electron chi connectivity index (χ0n) is 15.0. The Bertz CT molecular complexity index is 1010. The van der Waals surface area contributed by atoms with Crippen LogP contribution in [-0.2, 0) is 13.2 Å². The highest BCUT2D eigenvalue weighted by Crippen LogP contribution is 2.29. The fourth-order valence-corrected chi connectivity index (χ4v) is 2.42. The van der Waals surface area contributed by atoms with Gasteiger partial charge in [0.1, 0.15) is 30.9 Å². The molecule has 0 unspecified atom stereocenters. The lowest BCUT2D eigenvalue weighted by molar-refractivity contribution is 0.280. The molecule has 2 aromatic heterocycles. The largest absolute Gasteiger partial charge is 0.502 e. The molecule has 1 N–H and O–H groups in total.